The van der Waals surface area contributed by atoms with Crippen molar-refractivity contribution in [3.8, 4) is 0 Å². The van der Waals surface area contributed by atoms with Gasteiger partial charge in [-0.15, -0.1) is 11.3 Å². The Kier molecular flexibility index (Phi) is 7.05. The predicted octanol–water partition coefficient (Wildman–Crippen LogP) is 2.51. The number of sulfone groups is 1. The van der Waals surface area contributed by atoms with Crippen LogP contribution in [-0.4, -0.2) is 67.5 Å². The van der Waals surface area contributed by atoms with E-state index in [1.165, 1.54) is 58.9 Å². The maximum absolute atomic E-state index is 13.4. The first-order chi connectivity index (χ1) is 16.3. The average Bonchev–Trinajstić information content (AvgIpc) is 3.57. The number of nitrogens with one attached hydrogen (secondary N) is 1. The van der Waals surface area contributed by atoms with Gasteiger partial charge in [-0.05, 0) is 47.8 Å². The van der Waals surface area contributed by atoms with E-state index in [4.69, 9.17) is 16.0 Å². The number of amides is 3. The molecule has 0 saturated carbocycles. The standard InChI is InChI=1S/C22H20ClN3O6S2/c23-15-5-7-16(8-6-15)34(30,31)20(24-19(27)17-3-1-13-32-17)22(29)26-11-9-25(10-12-26)21(28)18-4-2-14-33-18/h1-8,13-14,20H,9-12H2,(H,24,27)/t20-/m1/s1. The van der Waals surface area contributed by atoms with E-state index in [9.17, 15) is 22.8 Å². The Bertz CT molecular complexity index is 1270. The van der Waals surface area contributed by atoms with Gasteiger partial charge in [-0.1, -0.05) is 17.7 Å². The highest BCUT2D eigenvalue weighted by atomic mass is 35.5. The van der Waals surface area contributed by atoms with Crippen LogP contribution in [0.25, 0.3) is 0 Å². The molecular weight excluding hydrogens is 502 g/mol. The molecular formula is C22H20ClN3O6S2. The Labute approximate surface area is 204 Å². The van der Waals surface area contributed by atoms with E-state index in [1.807, 2.05) is 0 Å². The van der Waals surface area contributed by atoms with Crippen LogP contribution < -0.4 is 5.32 Å². The molecule has 9 nitrogen and oxygen atoms in total. The maximum Gasteiger partial charge on any atom is 0.288 e. The lowest BCUT2D eigenvalue weighted by Crippen LogP contribution is -2.57. The van der Waals surface area contributed by atoms with Crippen molar-refractivity contribution in [3.05, 3.63) is 75.8 Å². The zero-order valence-electron chi connectivity index (χ0n) is 17.7. The van der Waals surface area contributed by atoms with Crippen LogP contribution in [0.2, 0.25) is 5.02 Å². The fraction of sp³-hybridized carbons (Fsp3) is 0.227. The number of thiophene rings is 1. The molecule has 2 aromatic heterocycles. The van der Waals surface area contributed by atoms with E-state index < -0.39 is 27.0 Å². The number of hydrogen-bond acceptors (Lipinski definition) is 7. The number of furan rings is 1. The fourth-order valence-corrected chi connectivity index (χ4v) is 5.76. The molecule has 0 bridgehead atoms. The van der Waals surface area contributed by atoms with E-state index in [2.05, 4.69) is 5.32 Å². The van der Waals surface area contributed by atoms with Crippen LogP contribution >= 0.6 is 22.9 Å². The lowest BCUT2D eigenvalue weighted by atomic mass is 10.3. The minimum absolute atomic E-state index is 0.124. The van der Waals surface area contributed by atoms with E-state index in [0.29, 0.717) is 9.90 Å². The lowest BCUT2D eigenvalue weighted by molar-refractivity contribution is -0.132. The number of benzene rings is 1. The van der Waals surface area contributed by atoms with Gasteiger partial charge in [-0.3, -0.25) is 14.4 Å². The molecule has 3 heterocycles. The zero-order valence-corrected chi connectivity index (χ0v) is 20.1. The number of halogens is 1. The van der Waals surface area contributed by atoms with Crippen LogP contribution in [0, 0.1) is 0 Å². The third kappa shape index (κ3) is 5.01. The number of carbonyl (C=O) groups excluding carboxylic acids is 3. The van der Waals surface area contributed by atoms with Crippen LogP contribution in [0.4, 0.5) is 0 Å². The maximum atomic E-state index is 13.4. The molecule has 12 heteroatoms. The van der Waals surface area contributed by atoms with Crippen molar-refractivity contribution >= 4 is 50.5 Å². The quantitative estimate of drug-likeness (QED) is 0.532. The summed E-state index contributed by atoms with van der Waals surface area (Å²) in [6.07, 6.45) is 1.27. The van der Waals surface area contributed by atoms with Crippen molar-refractivity contribution in [1.82, 2.24) is 15.1 Å². The first-order valence-electron chi connectivity index (χ1n) is 10.2. The summed E-state index contributed by atoms with van der Waals surface area (Å²) in [5, 5.41) is 2.55. The van der Waals surface area contributed by atoms with Crippen LogP contribution in [0.1, 0.15) is 20.2 Å². The second kappa shape index (κ2) is 10.00. The molecule has 34 heavy (non-hydrogen) atoms. The van der Waals surface area contributed by atoms with Crippen LogP contribution in [-0.2, 0) is 14.6 Å². The van der Waals surface area contributed by atoms with Gasteiger partial charge >= 0.3 is 0 Å². The second-order valence-electron chi connectivity index (χ2n) is 7.42. The van der Waals surface area contributed by atoms with Crippen LogP contribution in [0.5, 0.6) is 0 Å². The van der Waals surface area contributed by atoms with Crippen LogP contribution in [0.3, 0.4) is 0 Å². The summed E-state index contributed by atoms with van der Waals surface area (Å²) in [4.78, 5) is 41.9. The lowest BCUT2D eigenvalue weighted by Gasteiger charge is -2.36. The molecule has 1 aliphatic heterocycles. The van der Waals surface area contributed by atoms with Gasteiger partial charge < -0.3 is 19.5 Å². The normalized spacial score (nSPS) is 15.1. The van der Waals surface area contributed by atoms with Gasteiger partial charge in [0.05, 0.1) is 16.0 Å². The molecule has 0 unspecified atom stereocenters. The van der Waals surface area contributed by atoms with Crippen molar-refractivity contribution in [3.63, 3.8) is 0 Å². The third-order valence-corrected chi connectivity index (χ3v) is 8.27. The Hall–Kier alpha value is -3.15. The predicted molar refractivity (Wildman–Crippen MR) is 125 cm³/mol. The van der Waals surface area contributed by atoms with Gasteiger partial charge in [0.15, 0.2) is 5.76 Å². The van der Waals surface area contributed by atoms with Crippen molar-refractivity contribution < 1.29 is 27.2 Å². The van der Waals surface area contributed by atoms with Crippen molar-refractivity contribution in [2.45, 2.75) is 10.3 Å². The van der Waals surface area contributed by atoms with E-state index >= 15 is 0 Å². The summed E-state index contributed by atoms with van der Waals surface area (Å²) in [6.45, 7) is 0.725. The Morgan fingerprint density at radius 2 is 1.65 bits per heavy atom. The Balaban J connectivity index is 1.55. The van der Waals surface area contributed by atoms with Gasteiger partial charge in [-0.2, -0.15) is 0 Å². The molecule has 1 aromatic carbocycles. The Morgan fingerprint density at radius 1 is 0.971 bits per heavy atom. The zero-order chi connectivity index (χ0) is 24.3. The van der Waals surface area contributed by atoms with Gasteiger partial charge in [0, 0.05) is 31.2 Å². The molecule has 1 atom stereocenters. The third-order valence-electron chi connectivity index (χ3n) is 5.29. The van der Waals surface area contributed by atoms with Gasteiger partial charge in [0.2, 0.25) is 15.2 Å². The van der Waals surface area contributed by atoms with E-state index in [0.717, 1.165) is 0 Å². The summed E-state index contributed by atoms with van der Waals surface area (Å²) in [5.74, 6) is -1.90. The molecule has 178 valence electrons. The summed E-state index contributed by atoms with van der Waals surface area (Å²) >= 11 is 7.20. The monoisotopic (exact) mass is 521 g/mol. The molecule has 0 aliphatic carbocycles. The highest BCUT2D eigenvalue weighted by Crippen LogP contribution is 2.21. The second-order valence-corrected chi connectivity index (χ2v) is 10.8. The SMILES string of the molecule is O=C(N[C@@H](C(=O)N1CCN(C(=O)c2cccs2)CC1)S(=O)(=O)c1ccc(Cl)cc1)c1ccco1. The van der Waals surface area contributed by atoms with Crippen molar-refractivity contribution in [1.29, 1.82) is 0 Å². The first kappa shape index (κ1) is 24.0. The van der Waals surface area contributed by atoms with Crippen LogP contribution in [0.15, 0.2) is 69.5 Å². The largest absolute Gasteiger partial charge is 0.459 e. The summed E-state index contributed by atoms with van der Waals surface area (Å²) < 4.78 is 31.8. The number of hydrogen-bond donors (Lipinski definition) is 1. The smallest absolute Gasteiger partial charge is 0.288 e. The average molecular weight is 522 g/mol. The molecule has 0 spiro atoms. The minimum Gasteiger partial charge on any atom is -0.459 e. The van der Waals surface area contributed by atoms with E-state index in [1.54, 1.807) is 22.4 Å². The van der Waals surface area contributed by atoms with E-state index in [-0.39, 0.29) is 42.7 Å². The number of nitrogens with zero attached hydrogens (tertiary/aromatic N) is 2. The molecule has 3 amide bonds. The molecule has 4 rings (SSSR count). The Morgan fingerprint density at radius 3 is 2.24 bits per heavy atom. The number of piperazine rings is 1. The van der Waals surface area contributed by atoms with Gasteiger partial charge in [-0.25, -0.2) is 8.42 Å². The minimum atomic E-state index is -4.32. The van der Waals surface area contributed by atoms with Gasteiger partial charge in [0.1, 0.15) is 0 Å². The summed E-state index contributed by atoms with van der Waals surface area (Å²) in [6, 6.07) is 11.7. The topological polar surface area (TPSA) is 117 Å². The highest BCUT2D eigenvalue weighted by Gasteiger charge is 2.40. The number of rotatable bonds is 6. The first-order valence-corrected chi connectivity index (χ1v) is 13.0. The summed E-state index contributed by atoms with van der Waals surface area (Å²) in [7, 11) is -4.32. The molecule has 0 radical (unpaired) electrons. The summed E-state index contributed by atoms with van der Waals surface area (Å²) in [5.41, 5.74) is 0. The highest BCUT2D eigenvalue weighted by molar-refractivity contribution is 7.92. The molecule has 1 aliphatic rings. The molecule has 1 N–H and O–H groups in total. The fourth-order valence-electron chi connectivity index (χ4n) is 3.48. The van der Waals surface area contributed by atoms with Crippen molar-refractivity contribution in [2.24, 2.45) is 0 Å². The molecule has 3 aromatic rings. The molecule has 1 saturated heterocycles. The molecule has 1 fully saturated rings. The number of carbonyl (C=O) groups is 3. The van der Waals surface area contributed by atoms with Crippen molar-refractivity contribution in [2.75, 3.05) is 26.2 Å². The van der Waals surface area contributed by atoms with Gasteiger partial charge in [0.25, 0.3) is 17.7 Å².